The maximum Gasteiger partial charge on any atom is 0.251 e. The average molecular weight is 297 g/mol. The van der Waals surface area contributed by atoms with Crippen molar-refractivity contribution >= 4 is 15.7 Å². The molecule has 0 radical (unpaired) electrons. The fourth-order valence-corrected chi connectivity index (χ4v) is 2.67. The molecule has 0 heterocycles. The van der Waals surface area contributed by atoms with Crippen molar-refractivity contribution in [2.24, 2.45) is 5.92 Å². The minimum Gasteiger partial charge on any atom is -0.352 e. The molecule has 0 aliphatic rings. The molecule has 1 N–H and O–H groups in total. The van der Waals surface area contributed by atoms with Gasteiger partial charge in [0.25, 0.3) is 5.91 Å². The Kier molecular flexibility index (Phi) is 6.20. The SMILES string of the molecule is CC(C)CCCNC(=O)c1ccc(CS(C)(=O)=O)cc1. The third kappa shape index (κ3) is 6.70. The van der Waals surface area contributed by atoms with E-state index in [0.29, 0.717) is 23.6 Å². The van der Waals surface area contributed by atoms with E-state index in [0.717, 1.165) is 12.8 Å². The summed E-state index contributed by atoms with van der Waals surface area (Å²) < 4.78 is 22.3. The summed E-state index contributed by atoms with van der Waals surface area (Å²) in [5.74, 6) is 0.533. The fourth-order valence-electron chi connectivity index (χ4n) is 1.87. The van der Waals surface area contributed by atoms with Crippen LogP contribution in [0.4, 0.5) is 0 Å². The summed E-state index contributed by atoms with van der Waals surface area (Å²) in [4.78, 5) is 11.9. The lowest BCUT2D eigenvalue weighted by Crippen LogP contribution is -2.24. The molecule has 0 bridgehead atoms. The Labute approximate surface area is 121 Å². The second-order valence-electron chi connectivity index (χ2n) is 5.56. The van der Waals surface area contributed by atoms with Crippen LogP contribution >= 0.6 is 0 Å². The van der Waals surface area contributed by atoms with Gasteiger partial charge in [0, 0.05) is 18.4 Å². The van der Waals surface area contributed by atoms with Gasteiger partial charge in [0.05, 0.1) is 5.75 Å². The van der Waals surface area contributed by atoms with Crippen LogP contribution in [0.3, 0.4) is 0 Å². The Hall–Kier alpha value is -1.36. The molecule has 20 heavy (non-hydrogen) atoms. The lowest BCUT2D eigenvalue weighted by molar-refractivity contribution is 0.0952. The zero-order valence-corrected chi connectivity index (χ0v) is 13.2. The van der Waals surface area contributed by atoms with Crippen molar-refractivity contribution in [2.75, 3.05) is 12.8 Å². The number of rotatable bonds is 7. The van der Waals surface area contributed by atoms with Crippen LogP contribution < -0.4 is 5.32 Å². The number of amides is 1. The molecule has 5 heteroatoms. The van der Waals surface area contributed by atoms with Crippen molar-refractivity contribution in [1.82, 2.24) is 5.32 Å². The van der Waals surface area contributed by atoms with Crippen LogP contribution in [0.25, 0.3) is 0 Å². The molecule has 0 spiro atoms. The van der Waals surface area contributed by atoms with E-state index in [9.17, 15) is 13.2 Å². The summed E-state index contributed by atoms with van der Waals surface area (Å²) >= 11 is 0. The Morgan fingerprint density at radius 2 is 1.80 bits per heavy atom. The van der Waals surface area contributed by atoms with Crippen LogP contribution in [0, 0.1) is 5.92 Å². The highest BCUT2D eigenvalue weighted by molar-refractivity contribution is 7.89. The van der Waals surface area contributed by atoms with Gasteiger partial charge in [0.1, 0.15) is 0 Å². The molecular formula is C15H23NO3S. The molecule has 0 unspecified atom stereocenters. The number of carbonyl (C=O) groups excluding carboxylic acids is 1. The first-order valence-corrected chi connectivity index (χ1v) is 8.89. The van der Waals surface area contributed by atoms with Gasteiger partial charge in [-0.05, 0) is 36.5 Å². The van der Waals surface area contributed by atoms with E-state index in [-0.39, 0.29) is 11.7 Å². The van der Waals surface area contributed by atoms with Crippen molar-refractivity contribution in [3.8, 4) is 0 Å². The summed E-state index contributed by atoms with van der Waals surface area (Å²) in [6.07, 6.45) is 3.26. The van der Waals surface area contributed by atoms with Gasteiger partial charge in [0.15, 0.2) is 9.84 Å². The number of hydrogen-bond acceptors (Lipinski definition) is 3. The van der Waals surface area contributed by atoms with E-state index in [1.54, 1.807) is 24.3 Å². The lowest BCUT2D eigenvalue weighted by atomic mass is 10.1. The number of sulfone groups is 1. The quantitative estimate of drug-likeness (QED) is 0.786. The third-order valence-electron chi connectivity index (χ3n) is 2.89. The number of hydrogen-bond donors (Lipinski definition) is 1. The highest BCUT2D eigenvalue weighted by atomic mass is 32.2. The van der Waals surface area contributed by atoms with Gasteiger partial charge in [-0.3, -0.25) is 4.79 Å². The molecule has 0 atom stereocenters. The average Bonchev–Trinajstić information content (AvgIpc) is 2.33. The van der Waals surface area contributed by atoms with Crippen LogP contribution in [-0.2, 0) is 15.6 Å². The van der Waals surface area contributed by atoms with Gasteiger partial charge in [0.2, 0.25) is 0 Å². The van der Waals surface area contributed by atoms with Crippen molar-refractivity contribution in [1.29, 1.82) is 0 Å². The van der Waals surface area contributed by atoms with Crippen LogP contribution in [-0.4, -0.2) is 27.1 Å². The number of carbonyl (C=O) groups is 1. The smallest absolute Gasteiger partial charge is 0.251 e. The van der Waals surface area contributed by atoms with Crippen LogP contribution in [0.1, 0.15) is 42.6 Å². The van der Waals surface area contributed by atoms with Crippen LogP contribution in [0.15, 0.2) is 24.3 Å². The second-order valence-corrected chi connectivity index (χ2v) is 7.70. The van der Waals surface area contributed by atoms with E-state index in [1.165, 1.54) is 6.26 Å². The first-order valence-electron chi connectivity index (χ1n) is 6.83. The predicted octanol–water partition coefficient (Wildman–Crippen LogP) is 2.40. The Bertz CT molecular complexity index is 533. The van der Waals surface area contributed by atoms with Gasteiger partial charge in [-0.2, -0.15) is 0 Å². The number of benzene rings is 1. The third-order valence-corrected chi connectivity index (χ3v) is 3.75. The highest BCUT2D eigenvalue weighted by Gasteiger charge is 2.07. The highest BCUT2D eigenvalue weighted by Crippen LogP contribution is 2.08. The standard InChI is InChI=1S/C15H23NO3S/c1-12(2)5-4-10-16-15(17)14-8-6-13(7-9-14)11-20(3,18)19/h6-9,12H,4-5,10-11H2,1-3H3,(H,16,17). The Morgan fingerprint density at radius 3 is 2.30 bits per heavy atom. The van der Waals surface area contributed by atoms with Crippen molar-refractivity contribution in [2.45, 2.75) is 32.4 Å². The van der Waals surface area contributed by atoms with Gasteiger partial charge >= 0.3 is 0 Å². The molecule has 0 saturated carbocycles. The normalized spacial score (nSPS) is 11.6. The molecular weight excluding hydrogens is 274 g/mol. The molecule has 0 aliphatic heterocycles. The molecule has 1 aromatic rings. The van der Waals surface area contributed by atoms with Crippen molar-refractivity contribution in [3.05, 3.63) is 35.4 Å². The molecule has 0 saturated heterocycles. The van der Waals surface area contributed by atoms with E-state index in [4.69, 9.17) is 0 Å². The lowest BCUT2D eigenvalue weighted by Gasteiger charge is -2.07. The molecule has 0 fully saturated rings. The maximum absolute atomic E-state index is 11.9. The van der Waals surface area contributed by atoms with E-state index < -0.39 is 9.84 Å². The van der Waals surface area contributed by atoms with Crippen molar-refractivity contribution in [3.63, 3.8) is 0 Å². The minimum absolute atomic E-state index is 0.00326. The van der Waals surface area contributed by atoms with Gasteiger partial charge in [-0.15, -0.1) is 0 Å². The first-order chi connectivity index (χ1) is 9.28. The Morgan fingerprint density at radius 1 is 1.20 bits per heavy atom. The van der Waals surface area contributed by atoms with E-state index in [1.807, 2.05) is 0 Å². The molecule has 1 aromatic carbocycles. The monoisotopic (exact) mass is 297 g/mol. The zero-order chi connectivity index (χ0) is 15.2. The van der Waals surface area contributed by atoms with Crippen LogP contribution in [0.2, 0.25) is 0 Å². The molecule has 4 nitrogen and oxygen atoms in total. The van der Waals surface area contributed by atoms with Gasteiger partial charge in [-0.1, -0.05) is 26.0 Å². The summed E-state index contributed by atoms with van der Waals surface area (Å²) in [5.41, 5.74) is 1.26. The topological polar surface area (TPSA) is 63.2 Å². The van der Waals surface area contributed by atoms with Crippen molar-refractivity contribution < 1.29 is 13.2 Å². The maximum atomic E-state index is 11.9. The molecule has 112 valence electrons. The van der Waals surface area contributed by atoms with E-state index in [2.05, 4.69) is 19.2 Å². The zero-order valence-electron chi connectivity index (χ0n) is 12.3. The second kappa shape index (κ2) is 7.43. The summed E-state index contributed by atoms with van der Waals surface area (Å²) in [5, 5.41) is 2.86. The predicted molar refractivity (Wildman–Crippen MR) is 81.4 cm³/mol. The number of nitrogens with one attached hydrogen (secondary N) is 1. The molecule has 0 aliphatic carbocycles. The largest absolute Gasteiger partial charge is 0.352 e. The first kappa shape index (κ1) is 16.7. The van der Waals surface area contributed by atoms with Gasteiger partial charge in [-0.25, -0.2) is 8.42 Å². The Balaban J connectivity index is 2.49. The van der Waals surface area contributed by atoms with Gasteiger partial charge < -0.3 is 5.32 Å². The summed E-state index contributed by atoms with van der Waals surface area (Å²) in [6, 6.07) is 6.70. The molecule has 1 rings (SSSR count). The minimum atomic E-state index is -3.04. The summed E-state index contributed by atoms with van der Waals surface area (Å²) in [6.45, 7) is 4.98. The molecule has 0 aromatic heterocycles. The van der Waals surface area contributed by atoms with Crippen LogP contribution in [0.5, 0.6) is 0 Å². The fraction of sp³-hybridized carbons (Fsp3) is 0.533. The van der Waals surface area contributed by atoms with E-state index >= 15 is 0 Å². The summed E-state index contributed by atoms with van der Waals surface area (Å²) in [7, 11) is -3.04. The molecule has 1 amide bonds.